The van der Waals surface area contributed by atoms with Crippen molar-refractivity contribution in [2.75, 3.05) is 13.1 Å². The summed E-state index contributed by atoms with van der Waals surface area (Å²) in [4.78, 5) is 0. The first kappa shape index (κ1) is 6.92. The van der Waals surface area contributed by atoms with E-state index in [-0.39, 0.29) is 0 Å². The van der Waals surface area contributed by atoms with Crippen molar-refractivity contribution in [2.45, 2.75) is 13.8 Å². The minimum absolute atomic E-state index is 1.01. The van der Waals surface area contributed by atoms with Gasteiger partial charge in [-0.15, -0.1) is 0 Å². The quantitative estimate of drug-likeness (QED) is 0.524. The number of nitrogens with one attached hydrogen (secondary N) is 1. The molecule has 1 radical (unpaired) electrons. The first-order valence-corrected chi connectivity index (χ1v) is 2.62. The van der Waals surface area contributed by atoms with Gasteiger partial charge in [-0.1, -0.05) is 13.8 Å². The predicted molar refractivity (Wildman–Crippen MR) is 31.4 cm³/mol. The number of hydrogen-bond acceptors (Lipinski definition) is 2. The van der Waals surface area contributed by atoms with Gasteiger partial charge < -0.3 is 0 Å². The maximum absolute atomic E-state index is 3.50. The highest BCUT2D eigenvalue weighted by Gasteiger charge is 1.88. The molecular weight excluding hydrogens is 88.1 g/mol. The highest BCUT2D eigenvalue weighted by Crippen LogP contribution is 1.74. The Morgan fingerprint density at radius 2 is 1.86 bits per heavy atom. The molecule has 0 aromatic rings. The number of hydrazine groups is 1. The molecule has 0 saturated heterocycles. The molecule has 0 aliphatic carbocycles. The summed E-state index contributed by atoms with van der Waals surface area (Å²) in [5.74, 6) is 0. The lowest BCUT2D eigenvalue weighted by Crippen LogP contribution is -2.32. The Hall–Kier alpha value is -0.0800. The maximum atomic E-state index is 3.50. The number of nitrogens with zero attached hydrogens (tertiary/aromatic N) is 1. The second kappa shape index (κ2) is 4.09. The Morgan fingerprint density at radius 1 is 1.43 bits per heavy atom. The average molecular weight is 101 g/mol. The molecule has 1 N–H and O–H groups in total. The summed E-state index contributed by atoms with van der Waals surface area (Å²) < 4.78 is 0. The molecular formula is C5H13N2. The van der Waals surface area contributed by atoms with Gasteiger partial charge in [0.1, 0.15) is 0 Å². The lowest BCUT2D eigenvalue weighted by atomic mass is 10.6. The van der Waals surface area contributed by atoms with E-state index in [0.29, 0.717) is 0 Å². The van der Waals surface area contributed by atoms with Crippen LogP contribution >= 0.6 is 0 Å². The van der Waals surface area contributed by atoms with Crippen LogP contribution in [0.5, 0.6) is 0 Å². The Balaban J connectivity index is 2.99. The van der Waals surface area contributed by atoms with Crippen LogP contribution in [0.15, 0.2) is 0 Å². The summed E-state index contributed by atoms with van der Waals surface area (Å²) >= 11 is 0. The fourth-order valence-corrected chi connectivity index (χ4v) is 0.447. The van der Waals surface area contributed by atoms with Crippen LogP contribution in [0.3, 0.4) is 0 Å². The van der Waals surface area contributed by atoms with Gasteiger partial charge in [-0.3, -0.25) is 5.43 Å². The standard InChI is InChI=1S/C5H13N2/c1-4-7(5-2)6-3/h6H,3-5H2,1-2H3. The van der Waals surface area contributed by atoms with E-state index in [9.17, 15) is 0 Å². The van der Waals surface area contributed by atoms with Crippen molar-refractivity contribution in [2.24, 2.45) is 0 Å². The van der Waals surface area contributed by atoms with E-state index in [1.807, 2.05) is 5.01 Å². The third-order valence-electron chi connectivity index (χ3n) is 0.987. The molecule has 0 amide bonds. The third kappa shape index (κ3) is 2.60. The molecule has 0 aliphatic heterocycles. The molecule has 0 fully saturated rings. The number of rotatable bonds is 3. The Bertz CT molecular complexity index is 27.6. The molecule has 0 spiro atoms. The van der Waals surface area contributed by atoms with Gasteiger partial charge in [-0.05, 0) is 0 Å². The second-order valence-corrected chi connectivity index (χ2v) is 1.33. The van der Waals surface area contributed by atoms with E-state index in [4.69, 9.17) is 0 Å². The van der Waals surface area contributed by atoms with Crippen LogP contribution in [0.4, 0.5) is 0 Å². The summed E-state index contributed by atoms with van der Waals surface area (Å²) in [7, 11) is 3.50. The monoisotopic (exact) mass is 101 g/mol. The largest absolute Gasteiger partial charge is 0.254 e. The van der Waals surface area contributed by atoms with Crippen molar-refractivity contribution in [1.82, 2.24) is 10.4 Å². The summed E-state index contributed by atoms with van der Waals surface area (Å²) in [6.07, 6.45) is 0. The van der Waals surface area contributed by atoms with Crippen LogP contribution in [-0.4, -0.2) is 18.1 Å². The fraction of sp³-hybridized carbons (Fsp3) is 0.800. The van der Waals surface area contributed by atoms with E-state index >= 15 is 0 Å². The average Bonchev–Trinajstić information content (AvgIpc) is 1.72. The molecule has 0 unspecified atom stereocenters. The second-order valence-electron chi connectivity index (χ2n) is 1.33. The molecule has 0 rings (SSSR count). The van der Waals surface area contributed by atoms with E-state index < -0.39 is 0 Å². The van der Waals surface area contributed by atoms with Crippen molar-refractivity contribution in [3.63, 3.8) is 0 Å². The summed E-state index contributed by atoms with van der Waals surface area (Å²) in [5.41, 5.74) is 2.78. The van der Waals surface area contributed by atoms with Gasteiger partial charge in [0.15, 0.2) is 0 Å². The SMILES string of the molecule is [CH2]NN(CC)CC. The molecule has 0 bridgehead atoms. The maximum Gasteiger partial charge on any atom is 0.0242 e. The Kier molecular flexibility index (Phi) is 4.04. The van der Waals surface area contributed by atoms with Crippen molar-refractivity contribution in [3.8, 4) is 0 Å². The zero-order valence-corrected chi connectivity index (χ0v) is 5.07. The molecule has 0 aliphatic rings. The summed E-state index contributed by atoms with van der Waals surface area (Å²) in [6, 6.07) is 0. The topological polar surface area (TPSA) is 15.3 Å². The summed E-state index contributed by atoms with van der Waals surface area (Å²) in [5, 5.41) is 2.01. The van der Waals surface area contributed by atoms with E-state index in [1.165, 1.54) is 0 Å². The molecule has 43 valence electrons. The molecule has 2 heteroatoms. The van der Waals surface area contributed by atoms with E-state index in [2.05, 4.69) is 26.3 Å². The van der Waals surface area contributed by atoms with Gasteiger partial charge in [0.25, 0.3) is 0 Å². The van der Waals surface area contributed by atoms with E-state index in [1.54, 1.807) is 0 Å². The minimum Gasteiger partial charge on any atom is -0.254 e. The van der Waals surface area contributed by atoms with Crippen LogP contribution in [0.1, 0.15) is 13.8 Å². The number of hydrogen-bond donors (Lipinski definition) is 1. The van der Waals surface area contributed by atoms with Gasteiger partial charge in [-0.2, -0.15) is 0 Å². The Morgan fingerprint density at radius 3 is 1.86 bits per heavy atom. The highest BCUT2D eigenvalue weighted by molar-refractivity contribution is 4.39. The molecule has 2 nitrogen and oxygen atoms in total. The van der Waals surface area contributed by atoms with Crippen molar-refractivity contribution in [1.29, 1.82) is 0 Å². The van der Waals surface area contributed by atoms with Crippen molar-refractivity contribution in [3.05, 3.63) is 7.05 Å². The van der Waals surface area contributed by atoms with Crippen molar-refractivity contribution >= 4 is 0 Å². The lowest BCUT2D eigenvalue weighted by Gasteiger charge is -2.14. The minimum atomic E-state index is 1.01. The molecule has 0 heterocycles. The first-order valence-electron chi connectivity index (χ1n) is 2.62. The molecule has 7 heavy (non-hydrogen) atoms. The molecule has 0 atom stereocenters. The van der Waals surface area contributed by atoms with Gasteiger partial charge >= 0.3 is 0 Å². The molecule has 0 aromatic heterocycles. The smallest absolute Gasteiger partial charge is 0.0242 e. The van der Waals surface area contributed by atoms with E-state index in [0.717, 1.165) is 13.1 Å². The normalized spacial score (nSPS) is 10.3. The molecule has 0 saturated carbocycles. The molecule has 0 aromatic carbocycles. The van der Waals surface area contributed by atoms with Crippen LogP contribution in [-0.2, 0) is 0 Å². The van der Waals surface area contributed by atoms with Crippen LogP contribution < -0.4 is 5.43 Å². The fourth-order valence-electron chi connectivity index (χ4n) is 0.447. The van der Waals surface area contributed by atoms with Gasteiger partial charge in [0, 0.05) is 20.1 Å². The van der Waals surface area contributed by atoms with Gasteiger partial charge in [0.2, 0.25) is 0 Å². The highest BCUT2D eigenvalue weighted by atomic mass is 15.5. The Labute approximate surface area is 45.5 Å². The van der Waals surface area contributed by atoms with Gasteiger partial charge in [-0.25, -0.2) is 5.01 Å². The van der Waals surface area contributed by atoms with Crippen LogP contribution in [0.2, 0.25) is 0 Å². The lowest BCUT2D eigenvalue weighted by molar-refractivity contribution is 0.245. The summed E-state index contributed by atoms with van der Waals surface area (Å²) in [6.45, 7) is 6.20. The van der Waals surface area contributed by atoms with Crippen LogP contribution in [0, 0.1) is 7.05 Å². The zero-order chi connectivity index (χ0) is 5.70. The van der Waals surface area contributed by atoms with Gasteiger partial charge in [0.05, 0.1) is 0 Å². The zero-order valence-electron chi connectivity index (χ0n) is 5.07. The third-order valence-corrected chi connectivity index (χ3v) is 0.987. The van der Waals surface area contributed by atoms with Crippen LogP contribution in [0.25, 0.3) is 0 Å². The first-order chi connectivity index (χ1) is 3.35. The predicted octanol–water partition coefficient (Wildman–Crippen LogP) is 0.624. The van der Waals surface area contributed by atoms with Crippen molar-refractivity contribution < 1.29 is 0 Å².